The van der Waals surface area contributed by atoms with Gasteiger partial charge in [0, 0.05) is 25.9 Å². The van der Waals surface area contributed by atoms with Crippen LogP contribution in [-0.4, -0.2) is 71.1 Å². The molecule has 0 saturated carbocycles. The van der Waals surface area contributed by atoms with E-state index in [2.05, 4.69) is 27.6 Å². The molecule has 1 saturated heterocycles. The Morgan fingerprint density at radius 2 is 2.00 bits per heavy atom. The molecular weight excluding hydrogens is 288 g/mol. The van der Waals surface area contributed by atoms with Crippen LogP contribution in [0, 0.1) is 5.92 Å². The SMILES string of the molecule is CN=C(NCC1CCN(C)CC1)NC(C)CCS(C)(=O)=O. The van der Waals surface area contributed by atoms with Crippen LogP contribution in [0.25, 0.3) is 0 Å². The van der Waals surface area contributed by atoms with E-state index in [-0.39, 0.29) is 11.8 Å². The van der Waals surface area contributed by atoms with Crippen LogP contribution in [0.3, 0.4) is 0 Å². The van der Waals surface area contributed by atoms with Gasteiger partial charge in [0.05, 0.1) is 5.75 Å². The van der Waals surface area contributed by atoms with E-state index in [1.54, 1.807) is 7.05 Å². The minimum Gasteiger partial charge on any atom is -0.356 e. The molecule has 124 valence electrons. The highest BCUT2D eigenvalue weighted by Crippen LogP contribution is 2.14. The van der Waals surface area contributed by atoms with E-state index in [1.165, 1.54) is 19.1 Å². The van der Waals surface area contributed by atoms with Crippen molar-refractivity contribution in [3.63, 3.8) is 0 Å². The molecule has 1 atom stereocenters. The molecule has 0 aromatic rings. The summed E-state index contributed by atoms with van der Waals surface area (Å²) in [5.74, 6) is 1.65. The second-order valence-corrected chi connectivity index (χ2v) is 8.42. The molecule has 6 nitrogen and oxygen atoms in total. The molecule has 0 bridgehead atoms. The Morgan fingerprint density at radius 3 is 2.52 bits per heavy atom. The number of guanidine groups is 1. The van der Waals surface area contributed by atoms with Gasteiger partial charge in [0.15, 0.2) is 5.96 Å². The Kier molecular flexibility index (Phi) is 7.45. The lowest BCUT2D eigenvalue weighted by atomic mass is 9.97. The van der Waals surface area contributed by atoms with Gasteiger partial charge in [-0.1, -0.05) is 0 Å². The van der Waals surface area contributed by atoms with Gasteiger partial charge < -0.3 is 15.5 Å². The monoisotopic (exact) mass is 318 g/mol. The molecule has 21 heavy (non-hydrogen) atoms. The van der Waals surface area contributed by atoms with Crippen LogP contribution in [0.1, 0.15) is 26.2 Å². The smallest absolute Gasteiger partial charge is 0.191 e. The highest BCUT2D eigenvalue weighted by atomic mass is 32.2. The van der Waals surface area contributed by atoms with Crippen LogP contribution in [0.4, 0.5) is 0 Å². The molecule has 2 N–H and O–H groups in total. The Labute approximate surface area is 129 Å². The van der Waals surface area contributed by atoms with Crippen molar-refractivity contribution in [1.82, 2.24) is 15.5 Å². The van der Waals surface area contributed by atoms with E-state index in [0.29, 0.717) is 12.3 Å². The molecule has 0 radical (unpaired) electrons. The van der Waals surface area contributed by atoms with Crippen molar-refractivity contribution in [2.45, 2.75) is 32.2 Å². The third kappa shape index (κ3) is 8.26. The van der Waals surface area contributed by atoms with E-state index in [4.69, 9.17) is 0 Å². The van der Waals surface area contributed by atoms with E-state index in [1.807, 2.05) is 6.92 Å². The highest BCUT2D eigenvalue weighted by molar-refractivity contribution is 7.90. The van der Waals surface area contributed by atoms with Gasteiger partial charge >= 0.3 is 0 Å². The lowest BCUT2D eigenvalue weighted by Crippen LogP contribution is -2.45. The van der Waals surface area contributed by atoms with Crippen molar-refractivity contribution in [2.24, 2.45) is 10.9 Å². The average Bonchev–Trinajstić information content (AvgIpc) is 2.42. The molecule has 0 aromatic carbocycles. The molecule has 1 aliphatic rings. The van der Waals surface area contributed by atoms with Gasteiger partial charge in [-0.15, -0.1) is 0 Å². The first-order valence-electron chi connectivity index (χ1n) is 7.63. The van der Waals surface area contributed by atoms with Gasteiger partial charge in [0.25, 0.3) is 0 Å². The maximum absolute atomic E-state index is 11.2. The van der Waals surface area contributed by atoms with Crippen LogP contribution >= 0.6 is 0 Å². The molecule has 1 rings (SSSR count). The van der Waals surface area contributed by atoms with E-state index < -0.39 is 9.84 Å². The second-order valence-electron chi connectivity index (χ2n) is 6.16. The third-order valence-electron chi connectivity index (χ3n) is 3.92. The molecule has 0 aliphatic carbocycles. The predicted molar refractivity (Wildman–Crippen MR) is 88.5 cm³/mol. The first-order chi connectivity index (χ1) is 9.80. The highest BCUT2D eigenvalue weighted by Gasteiger charge is 2.17. The summed E-state index contributed by atoms with van der Waals surface area (Å²) in [4.78, 5) is 6.56. The molecule has 7 heteroatoms. The average molecular weight is 318 g/mol. The van der Waals surface area contributed by atoms with Crippen molar-refractivity contribution >= 4 is 15.8 Å². The number of piperidine rings is 1. The minimum atomic E-state index is -2.90. The maximum Gasteiger partial charge on any atom is 0.191 e. The van der Waals surface area contributed by atoms with Crippen molar-refractivity contribution in [3.05, 3.63) is 0 Å². The topological polar surface area (TPSA) is 73.8 Å². The van der Waals surface area contributed by atoms with Crippen molar-refractivity contribution < 1.29 is 8.42 Å². The third-order valence-corrected chi connectivity index (χ3v) is 4.90. The standard InChI is InChI=1S/C14H30N4O2S/c1-12(7-10-21(4,19)20)17-14(15-2)16-11-13-5-8-18(3)9-6-13/h12-13H,5-11H2,1-4H3,(H2,15,16,17). The Bertz CT molecular complexity index is 428. The zero-order valence-electron chi connectivity index (χ0n) is 13.7. The van der Waals surface area contributed by atoms with Crippen LogP contribution in [0.5, 0.6) is 0 Å². The lowest BCUT2D eigenvalue weighted by Gasteiger charge is -2.29. The first kappa shape index (κ1) is 18.2. The number of sulfone groups is 1. The van der Waals surface area contributed by atoms with Crippen molar-refractivity contribution in [1.29, 1.82) is 0 Å². The maximum atomic E-state index is 11.2. The largest absolute Gasteiger partial charge is 0.356 e. The molecule has 1 aliphatic heterocycles. The van der Waals surface area contributed by atoms with Gasteiger partial charge in [0.1, 0.15) is 9.84 Å². The van der Waals surface area contributed by atoms with E-state index in [0.717, 1.165) is 25.6 Å². The summed E-state index contributed by atoms with van der Waals surface area (Å²) in [6, 6.07) is 0.0865. The molecule has 0 amide bonds. The van der Waals surface area contributed by atoms with Gasteiger partial charge in [-0.2, -0.15) is 0 Å². The van der Waals surface area contributed by atoms with Crippen LogP contribution in [0.15, 0.2) is 4.99 Å². The van der Waals surface area contributed by atoms with Gasteiger partial charge in [-0.3, -0.25) is 4.99 Å². The summed E-state index contributed by atoms with van der Waals surface area (Å²) in [5, 5.41) is 6.60. The molecule has 0 spiro atoms. The number of likely N-dealkylation sites (tertiary alicyclic amines) is 1. The summed E-state index contributed by atoms with van der Waals surface area (Å²) >= 11 is 0. The summed E-state index contributed by atoms with van der Waals surface area (Å²) in [6.07, 6.45) is 4.29. The van der Waals surface area contributed by atoms with Crippen LogP contribution in [0.2, 0.25) is 0 Å². The summed E-state index contributed by atoms with van der Waals surface area (Å²) in [6.45, 7) is 5.21. The molecule has 1 unspecified atom stereocenters. The normalized spacial score (nSPS) is 20.3. The zero-order chi connectivity index (χ0) is 15.9. The van der Waals surface area contributed by atoms with Crippen molar-refractivity contribution in [2.75, 3.05) is 45.7 Å². The minimum absolute atomic E-state index is 0.0865. The van der Waals surface area contributed by atoms with Crippen LogP contribution < -0.4 is 10.6 Å². The number of nitrogens with one attached hydrogen (secondary N) is 2. The van der Waals surface area contributed by atoms with Gasteiger partial charge in [-0.25, -0.2) is 8.42 Å². The molecule has 1 fully saturated rings. The summed E-state index contributed by atoms with van der Waals surface area (Å²) in [5.41, 5.74) is 0. The van der Waals surface area contributed by atoms with Gasteiger partial charge in [0.2, 0.25) is 0 Å². The second kappa shape index (κ2) is 8.58. The zero-order valence-corrected chi connectivity index (χ0v) is 14.5. The first-order valence-corrected chi connectivity index (χ1v) is 9.69. The van der Waals surface area contributed by atoms with E-state index >= 15 is 0 Å². The lowest BCUT2D eigenvalue weighted by molar-refractivity contribution is 0.220. The fourth-order valence-corrected chi connectivity index (χ4v) is 3.18. The quantitative estimate of drug-likeness (QED) is 0.545. The molecular formula is C14H30N4O2S. The van der Waals surface area contributed by atoms with E-state index in [9.17, 15) is 8.42 Å². The summed E-state index contributed by atoms with van der Waals surface area (Å²) < 4.78 is 22.3. The van der Waals surface area contributed by atoms with Gasteiger partial charge in [-0.05, 0) is 52.2 Å². The fraction of sp³-hybridized carbons (Fsp3) is 0.929. The number of hydrogen-bond acceptors (Lipinski definition) is 4. The molecule has 0 aromatic heterocycles. The van der Waals surface area contributed by atoms with Crippen LogP contribution in [-0.2, 0) is 9.84 Å². The summed E-state index contributed by atoms with van der Waals surface area (Å²) in [7, 11) is 1.00. The fourth-order valence-electron chi connectivity index (χ4n) is 2.40. The van der Waals surface area contributed by atoms with Crippen molar-refractivity contribution in [3.8, 4) is 0 Å². The Morgan fingerprint density at radius 1 is 1.38 bits per heavy atom. The Balaban J connectivity index is 2.28. The number of nitrogens with zero attached hydrogens (tertiary/aromatic N) is 2. The predicted octanol–water partition coefficient (Wildman–Crippen LogP) is 0.316. The number of rotatable bonds is 6. The Hall–Kier alpha value is -0.820. The number of hydrogen-bond donors (Lipinski definition) is 2. The number of aliphatic imine (C=N–C) groups is 1. The molecule has 1 heterocycles.